The first kappa shape index (κ1) is 15.8. The molecule has 8 heteroatoms. The fourth-order valence-electron chi connectivity index (χ4n) is 2.17. The van der Waals surface area contributed by atoms with E-state index in [1.807, 2.05) is 30.3 Å². The Morgan fingerprint density at radius 3 is 2.74 bits per heavy atom. The maximum Gasteiger partial charge on any atom is 0.276 e. The van der Waals surface area contributed by atoms with E-state index in [9.17, 15) is 4.79 Å². The second-order valence-electron chi connectivity index (χ2n) is 4.93. The summed E-state index contributed by atoms with van der Waals surface area (Å²) >= 11 is 9.46. The van der Waals surface area contributed by atoms with Gasteiger partial charge in [0.05, 0.1) is 17.2 Å². The molecular formula is C15H13BrClN5O. The lowest BCUT2D eigenvalue weighted by Gasteiger charge is -2.04. The average Bonchev–Trinajstić information content (AvgIpc) is 3.03. The number of nitrogens with one attached hydrogen (secondary N) is 1. The Hall–Kier alpha value is -2.12. The largest absolute Gasteiger partial charge is 0.302 e. The lowest BCUT2D eigenvalue weighted by Crippen LogP contribution is -2.17. The predicted octanol–water partition coefficient (Wildman–Crippen LogP) is 3.33. The van der Waals surface area contributed by atoms with Crippen molar-refractivity contribution in [3.63, 3.8) is 0 Å². The zero-order chi connectivity index (χ0) is 16.4. The highest BCUT2D eigenvalue weighted by Crippen LogP contribution is 2.22. The van der Waals surface area contributed by atoms with E-state index < -0.39 is 0 Å². The first-order chi connectivity index (χ1) is 11.0. The van der Waals surface area contributed by atoms with E-state index in [0.717, 1.165) is 5.56 Å². The lowest BCUT2D eigenvalue weighted by atomic mass is 10.2. The van der Waals surface area contributed by atoms with Gasteiger partial charge in [-0.25, -0.2) is 0 Å². The van der Waals surface area contributed by atoms with Crippen LogP contribution in [-0.4, -0.2) is 25.5 Å². The Labute approximate surface area is 146 Å². The highest BCUT2D eigenvalue weighted by Gasteiger charge is 2.18. The highest BCUT2D eigenvalue weighted by molar-refractivity contribution is 9.10. The highest BCUT2D eigenvalue weighted by atomic mass is 79.9. The molecule has 0 atom stereocenters. The normalized spacial score (nSPS) is 10.7. The van der Waals surface area contributed by atoms with E-state index in [1.54, 1.807) is 24.1 Å². The molecule has 1 aromatic carbocycles. The molecule has 23 heavy (non-hydrogen) atoms. The average molecular weight is 395 g/mol. The predicted molar refractivity (Wildman–Crippen MR) is 91.6 cm³/mol. The molecule has 3 rings (SSSR count). The Bertz CT molecular complexity index is 823. The van der Waals surface area contributed by atoms with Crippen LogP contribution in [-0.2, 0) is 13.6 Å². The quantitative estimate of drug-likeness (QED) is 0.738. The summed E-state index contributed by atoms with van der Waals surface area (Å²) < 4.78 is 3.78. The van der Waals surface area contributed by atoms with Crippen LogP contribution < -0.4 is 5.32 Å². The first-order valence-electron chi connectivity index (χ1n) is 6.80. The summed E-state index contributed by atoms with van der Waals surface area (Å²) in [5, 5.41) is 11.4. The molecular weight excluding hydrogens is 382 g/mol. The Balaban J connectivity index is 1.78. The van der Waals surface area contributed by atoms with Gasteiger partial charge in [0, 0.05) is 13.2 Å². The van der Waals surface area contributed by atoms with Crippen molar-refractivity contribution in [1.29, 1.82) is 0 Å². The molecule has 0 radical (unpaired) electrons. The minimum Gasteiger partial charge on any atom is -0.302 e. The zero-order valence-corrected chi connectivity index (χ0v) is 14.5. The minimum absolute atomic E-state index is 0.320. The van der Waals surface area contributed by atoms with E-state index in [4.69, 9.17) is 11.6 Å². The third kappa shape index (κ3) is 3.46. The minimum atomic E-state index is -0.330. The summed E-state index contributed by atoms with van der Waals surface area (Å²) in [5.74, 6) is -0.00978. The molecule has 3 aromatic rings. The molecule has 2 aromatic heterocycles. The third-order valence-corrected chi connectivity index (χ3v) is 4.10. The van der Waals surface area contributed by atoms with Crippen molar-refractivity contribution < 1.29 is 4.79 Å². The Kier molecular flexibility index (Phi) is 4.49. The fourth-order valence-corrected chi connectivity index (χ4v) is 2.89. The van der Waals surface area contributed by atoms with Gasteiger partial charge in [-0.05, 0) is 21.5 Å². The number of anilines is 1. The van der Waals surface area contributed by atoms with E-state index >= 15 is 0 Å². The van der Waals surface area contributed by atoms with Crippen LogP contribution in [0.5, 0.6) is 0 Å². The molecule has 1 amide bonds. The number of carbonyl (C=O) groups is 1. The van der Waals surface area contributed by atoms with Gasteiger partial charge in [0.25, 0.3) is 5.91 Å². The molecule has 0 saturated carbocycles. The van der Waals surface area contributed by atoms with Crippen molar-refractivity contribution in [2.24, 2.45) is 7.05 Å². The molecule has 0 aliphatic carbocycles. The van der Waals surface area contributed by atoms with Crippen molar-refractivity contribution in [3.05, 3.63) is 63.5 Å². The Morgan fingerprint density at radius 2 is 2.09 bits per heavy atom. The summed E-state index contributed by atoms with van der Waals surface area (Å²) in [6.45, 7) is 0.575. The molecule has 0 saturated heterocycles. The summed E-state index contributed by atoms with van der Waals surface area (Å²) in [6, 6.07) is 9.88. The molecule has 2 heterocycles. The van der Waals surface area contributed by atoms with Crippen LogP contribution in [0.25, 0.3) is 0 Å². The number of rotatable bonds is 4. The second kappa shape index (κ2) is 6.55. The van der Waals surface area contributed by atoms with Gasteiger partial charge in [0.2, 0.25) is 0 Å². The van der Waals surface area contributed by atoms with E-state index in [1.165, 1.54) is 4.68 Å². The molecule has 6 nitrogen and oxygen atoms in total. The standard InChI is InChI=1S/C15H13BrClN5O/c1-21-13(11(16)7-18-21)15(23)19-14-12(17)9-22(20-14)8-10-5-3-2-4-6-10/h2-7,9H,8H2,1H3,(H,19,20,23). The van der Waals surface area contributed by atoms with Gasteiger partial charge < -0.3 is 5.32 Å². The molecule has 0 unspecified atom stereocenters. The molecule has 0 aliphatic rings. The monoisotopic (exact) mass is 393 g/mol. The van der Waals surface area contributed by atoms with E-state index in [0.29, 0.717) is 27.6 Å². The van der Waals surface area contributed by atoms with Gasteiger partial charge in [-0.2, -0.15) is 10.2 Å². The second-order valence-corrected chi connectivity index (χ2v) is 6.19. The number of aryl methyl sites for hydroxylation is 1. The summed E-state index contributed by atoms with van der Waals surface area (Å²) in [4.78, 5) is 12.3. The number of nitrogens with zero attached hydrogens (tertiary/aromatic N) is 4. The smallest absolute Gasteiger partial charge is 0.276 e. The van der Waals surface area contributed by atoms with Gasteiger partial charge in [-0.15, -0.1) is 0 Å². The van der Waals surface area contributed by atoms with Crippen LogP contribution in [0.3, 0.4) is 0 Å². The lowest BCUT2D eigenvalue weighted by molar-refractivity contribution is 0.101. The first-order valence-corrected chi connectivity index (χ1v) is 7.97. The van der Waals surface area contributed by atoms with Crippen LogP contribution in [0.4, 0.5) is 5.82 Å². The van der Waals surface area contributed by atoms with Crippen molar-refractivity contribution in [3.8, 4) is 0 Å². The van der Waals surface area contributed by atoms with Crippen LogP contribution in [0.2, 0.25) is 5.02 Å². The maximum absolute atomic E-state index is 12.3. The summed E-state index contributed by atoms with van der Waals surface area (Å²) in [7, 11) is 1.69. The van der Waals surface area contributed by atoms with Crippen LogP contribution in [0, 0.1) is 0 Å². The van der Waals surface area contributed by atoms with Gasteiger partial charge in [0.15, 0.2) is 5.82 Å². The number of halogens is 2. The Morgan fingerprint density at radius 1 is 1.35 bits per heavy atom. The number of hydrogen-bond donors (Lipinski definition) is 1. The van der Waals surface area contributed by atoms with Gasteiger partial charge in [-0.3, -0.25) is 14.2 Å². The number of carbonyl (C=O) groups excluding carboxylic acids is 1. The van der Waals surface area contributed by atoms with Gasteiger partial charge >= 0.3 is 0 Å². The van der Waals surface area contributed by atoms with Crippen molar-refractivity contribution in [2.45, 2.75) is 6.54 Å². The molecule has 0 aliphatic heterocycles. The van der Waals surface area contributed by atoms with Crippen molar-refractivity contribution in [2.75, 3.05) is 5.32 Å². The molecule has 0 bridgehead atoms. The van der Waals surface area contributed by atoms with Crippen molar-refractivity contribution in [1.82, 2.24) is 19.6 Å². The maximum atomic E-state index is 12.3. The number of hydrogen-bond acceptors (Lipinski definition) is 3. The van der Waals surface area contributed by atoms with E-state index in [-0.39, 0.29) is 5.91 Å². The molecule has 0 fully saturated rings. The zero-order valence-electron chi connectivity index (χ0n) is 12.2. The topological polar surface area (TPSA) is 64.7 Å². The van der Waals surface area contributed by atoms with E-state index in [2.05, 4.69) is 31.4 Å². The van der Waals surface area contributed by atoms with Crippen LogP contribution in [0.1, 0.15) is 16.1 Å². The van der Waals surface area contributed by atoms with Crippen LogP contribution in [0.15, 0.2) is 47.2 Å². The SMILES string of the molecule is Cn1ncc(Br)c1C(=O)Nc1nn(Cc2ccccc2)cc1Cl. The number of benzene rings is 1. The molecule has 118 valence electrons. The number of amides is 1. The van der Waals surface area contributed by atoms with Crippen LogP contribution >= 0.6 is 27.5 Å². The molecule has 1 N–H and O–H groups in total. The number of aromatic nitrogens is 4. The molecule has 0 spiro atoms. The van der Waals surface area contributed by atoms with Crippen molar-refractivity contribution >= 4 is 39.3 Å². The van der Waals surface area contributed by atoms with Gasteiger partial charge in [-0.1, -0.05) is 41.9 Å². The van der Waals surface area contributed by atoms with Gasteiger partial charge in [0.1, 0.15) is 10.7 Å². The third-order valence-electron chi connectivity index (χ3n) is 3.25. The fraction of sp³-hybridized carbons (Fsp3) is 0.133. The summed E-state index contributed by atoms with van der Waals surface area (Å²) in [5.41, 5.74) is 1.50. The summed E-state index contributed by atoms with van der Waals surface area (Å²) in [6.07, 6.45) is 3.24.